The summed E-state index contributed by atoms with van der Waals surface area (Å²) in [6, 6.07) is 7.68. The van der Waals surface area contributed by atoms with Gasteiger partial charge in [0.1, 0.15) is 0 Å². The molecule has 2 rings (SSSR count). The summed E-state index contributed by atoms with van der Waals surface area (Å²) < 4.78 is 0. The molecular formula is C18H30ClN3O. The van der Waals surface area contributed by atoms with E-state index < -0.39 is 0 Å². The molecule has 1 aromatic carbocycles. The highest BCUT2D eigenvalue weighted by molar-refractivity contribution is 5.94. The van der Waals surface area contributed by atoms with Gasteiger partial charge < -0.3 is 15.5 Å². The molecule has 0 saturated carbocycles. The monoisotopic (exact) mass is 339 g/mol. The Morgan fingerprint density at radius 2 is 1.74 bits per heavy atom. The number of nitrogens with two attached hydrogens (primary N) is 1. The molecule has 0 atom stereocenters. The molecule has 1 fully saturated rings. The molecular weight excluding hydrogens is 310 g/mol. The molecule has 5 heteroatoms. The minimum atomic E-state index is 0. The Labute approximate surface area is 146 Å². The Morgan fingerprint density at radius 3 is 2.22 bits per heavy atom. The molecule has 1 amide bonds. The van der Waals surface area contributed by atoms with Crippen LogP contribution in [0.5, 0.6) is 0 Å². The molecule has 0 bridgehead atoms. The molecule has 0 spiro atoms. The Hall–Kier alpha value is -1.10. The van der Waals surface area contributed by atoms with E-state index in [0.29, 0.717) is 6.54 Å². The molecule has 2 N–H and O–H groups in total. The average Bonchev–Trinajstić information content (AvgIpc) is 2.59. The lowest BCUT2D eigenvalue weighted by atomic mass is 9.95. The van der Waals surface area contributed by atoms with Gasteiger partial charge in [-0.25, -0.2) is 0 Å². The highest BCUT2D eigenvalue weighted by atomic mass is 35.5. The Bertz CT molecular complexity index is 466. The van der Waals surface area contributed by atoms with Crippen LogP contribution in [0.1, 0.15) is 42.6 Å². The van der Waals surface area contributed by atoms with Crippen molar-refractivity contribution in [1.82, 2.24) is 9.80 Å². The van der Waals surface area contributed by atoms with Crippen LogP contribution in [-0.4, -0.2) is 48.4 Å². The molecule has 1 aromatic rings. The molecule has 130 valence electrons. The number of amides is 1. The average molecular weight is 340 g/mol. The first-order valence-electron chi connectivity index (χ1n) is 8.48. The van der Waals surface area contributed by atoms with Crippen LogP contribution in [0.3, 0.4) is 0 Å². The van der Waals surface area contributed by atoms with Gasteiger partial charge in [-0.3, -0.25) is 4.79 Å². The van der Waals surface area contributed by atoms with Gasteiger partial charge in [0.05, 0.1) is 0 Å². The molecule has 4 nitrogen and oxygen atoms in total. The van der Waals surface area contributed by atoms with Crippen LogP contribution in [0.4, 0.5) is 0 Å². The molecule has 0 radical (unpaired) electrons. The van der Waals surface area contributed by atoms with E-state index in [9.17, 15) is 4.79 Å². The Balaban J connectivity index is 0.00000264. The zero-order valence-corrected chi connectivity index (χ0v) is 15.1. The van der Waals surface area contributed by atoms with Crippen molar-refractivity contribution in [3.8, 4) is 0 Å². The van der Waals surface area contributed by atoms with E-state index in [4.69, 9.17) is 5.73 Å². The van der Waals surface area contributed by atoms with Crippen molar-refractivity contribution in [2.75, 3.05) is 32.7 Å². The van der Waals surface area contributed by atoms with Gasteiger partial charge in [0, 0.05) is 31.7 Å². The number of benzene rings is 1. The van der Waals surface area contributed by atoms with Gasteiger partial charge >= 0.3 is 0 Å². The van der Waals surface area contributed by atoms with Crippen LogP contribution in [0.15, 0.2) is 24.3 Å². The van der Waals surface area contributed by atoms with Gasteiger partial charge in [-0.2, -0.15) is 0 Å². The third-order valence-electron chi connectivity index (χ3n) is 4.75. The molecule has 23 heavy (non-hydrogen) atoms. The number of carbonyl (C=O) groups excluding carboxylic acids is 1. The normalized spacial score (nSPS) is 15.6. The van der Waals surface area contributed by atoms with Gasteiger partial charge in [-0.15, -0.1) is 12.4 Å². The van der Waals surface area contributed by atoms with Crippen molar-refractivity contribution in [2.45, 2.75) is 33.2 Å². The molecule has 1 aliphatic heterocycles. The van der Waals surface area contributed by atoms with Gasteiger partial charge in [0.2, 0.25) is 0 Å². The first-order chi connectivity index (χ1) is 10.7. The van der Waals surface area contributed by atoms with Crippen molar-refractivity contribution < 1.29 is 4.79 Å². The zero-order valence-electron chi connectivity index (χ0n) is 14.3. The van der Waals surface area contributed by atoms with Gasteiger partial charge in [0.15, 0.2) is 0 Å². The van der Waals surface area contributed by atoms with Crippen LogP contribution in [0, 0.1) is 5.92 Å². The molecule has 0 unspecified atom stereocenters. The Kier molecular flexibility index (Phi) is 8.59. The predicted molar refractivity (Wildman–Crippen MR) is 98.0 cm³/mol. The van der Waals surface area contributed by atoms with Crippen LogP contribution in [0.25, 0.3) is 0 Å². The van der Waals surface area contributed by atoms with Crippen LogP contribution < -0.4 is 5.73 Å². The van der Waals surface area contributed by atoms with Crippen LogP contribution >= 0.6 is 12.4 Å². The van der Waals surface area contributed by atoms with E-state index in [1.54, 1.807) is 0 Å². The number of carbonyl (C=O) groups is 1. The van der Waals surface area contributed by atoms with E-state index in [1.165, 1.54) is 6.54 Å². The minimum Gasteiger partial charge on any atom is -0.339 e. The number of likely N-dealkylation sites (tertiary alicyclic amines) is 1. The predicted octanol–water partition coefficient (Wildman–Crippen LogP) is 2.76. The summed E-state index contributed by atoms with van der Waals surface area (Å²) in [5.41, 5.74) is 7.44. The number of hydrogen-bond acceptors (Lipinski definition) is 3. The molecule has 1 aliphatic rings. The van der Waals surface area contributed by atoms with E-state index in [0.717, 1.165) is 56.1 Å². The lowest BCUT2D eigenvalue weighted by molar-refractivity contribution is 0.0669. The van der Waals surface area contributed by atoms with E-state index in [-0.39, 0.29) is 18.3 Å². The number of rotatable bonds is 6. The zero-order chi connectivity index (χ0) is 15.9. The fraction of sp³-hybridized carbons (Fsp3) is 0.611. The second-order valence-electron chi connectivity index (χ2n) is 6.12. The Morgan fingerprint density at radius 1 is 1.17 bits per heavy atom. The summed E-state index contributed by atoms with van der Waals surface area (Å²) in [5.74, 6) is 0.883. The summed E-state index contributed by atoms with van der Waals surface area (Å²) in [6.45, 7) is 10.1. The quantitative estimate of drug-likeness (QED) is 0.867. The maximum Gasteiger partial charge on any atom is 0.253 e. The van der Waals surface area contributed by atoms with Crippen molar-refractivity contribution in [3.05, 3.63) is 35.4 Å². The maximum atomic E-state index is 12.5. The molecule has 1 saturated heterocycles. The van der Waals surface area contributed by atoms with Crippen LogP contribution in [-0.2, 0) is 6.54 Å². The first kappa shape index (κ1) is 19.9. The SMILES string of the molecule is CCN(CC)CC1CCN(C(=O)c2ccc(CN)cc2)CC1.Cl. The van der Waals surface area contributed by atoms with E-state index in [1.807, 2.05) is 29.2 Å². The third-order valence-corrected chi connectivity index (χ3v) is 4.75. The summed E-state index contributed by atoms with van der Waals surface area (Å²) in [6.07, 6.45) is 2.23. The van der Waals surface area contributed by atoms with Crippen LogP contribution in [0.2, 0.25) is 0 Å². The summed E-state index contributed by atoms with van der Waals surface area (Å²) >= 11 is 0. The highest BCUT2D eigenvalue weighted by Crippen LogP contribution is 2.20. The number of halogens is 1. The molecule has 0 aliphatic carbocycles. The summed E-state index contributed by atoms with van der Waals surface area (Å²) in [7, 11) is 0. The largest absolute Gasteiger partial charge is 0.339 e. The number of hydrogen-bond donors (Lipinski definition) is 1. The second kappa shape index (κ2) is 9.91. The number of piperidine rings is 1. The van der Waals surface area contributed by atoms with E-state index >= 15 is 0 Å². The van der Waals surface area contributed by atoms with Gasteiger partial charge in [-0.05, 0) is 49.5 Å². The summed E-state index contributed by atoms with van der Waals surface area (Å²) in [4.78, 5) is 17.0. The lowest BCUT2D eigenvalue weighted by Gasteiger charge is -2.34. The smallest absolute Gasteiger partial charge is 0.253 e. The molecule has 1 heterocycles. The first-order valence-corrected chi connectivity index (χ1v) is 8.48. The third kappa shape index (κ3) is 5.48. The topological polar surface area (TPSA) is 49.6 Å². The summed E-state index contributed by atoms with van der Waals surface area (Å²) in [5, 5.41) is 0. The standard InChI is InChI=1S/C18H29N3O.ClH/c1-3-20(4-2)14-16-9-11-21(12-10-16)18(22)17-7-5-15(13-19)6-8-17;/h5-8,16H,3-4,9-14,19H2,1-2H3;1H. The van der Waals surface area contributed by atoms with Gasteiger partial charge in [-0.1, -0.05) is 26.0 Å². The van der Waals surface area contributed by atoms with Crippen molar-refractivity contribution in [2.24, 2.45) is 11.7 Å². The maximum absolute atomic E-state index is 12.5. The van der Waals surface area contributed by atoms with Gasteiger partial charge in [0.25, 0.3) is 5.91 Å². The molecule has 0 aromatic heterocycles. The number of nitrogens with zero attached hydrogens (tertiary/aromatic N) is 2. The highest BCUT2D eigenvalue weighted by Gasteiger charge is 2.24. The van der Waals surface area contributed by atoms with Crippen molar-refractivity contribution >= 4 is 18.3 Å². The fourth-order valence-electron chi connectivity index (χ4n) is 3.13. The lowest BCUT2D eigenvalue weighted by Crippen LogP contribution is -2.41. The second-order valence-corrected chi connectivity index (χ2v) is 6.12. The van der Waals surface area contributed by atoms with Crippen molar-refractivity contribution in [3.63, 3.8) is 0 Å². The minimum absolute atomic E-state index is 0. The van der Waals surface area contributed by atoms with E-state index in [2.05, 4.69) is 18.7 Å². The fourth-order valence-corrected chi connectivity index (χ4v) is 3.13. The van der Waals surface area contributed by atoms with Crippen molar-refractivity contribution in [1.29, 1.82) is 0 Å².